The summed E-state index contributed by atoms with van der Waals surface area (Å²) in [6.45, 7) is 0. The Morgan fingerprint density at radius 2 is 1.93 bits per heavy atom. The number of benzene rings is 2. The predicted molar refractivity (Wildman–Crippen MR) is 118 cm³/mol. The van der Waals surface area contributed by atoms with Crippen molar-refractivity contribution in [2.45, 2.75) is 0 Å². The molecule has 1 amide bonds. The van der Waals surface area contributed by atoms with Gasteiger partial charge in [-0.15, -0.1) is 11.3 Å². The number of nitro benzene ring substituents is 1. The van der Waals surface area contributed by atoms with E-state index in [0.717, 1.165) is 21.0 Å². The Bertz CT molecular complexity index is 1200. The highest BCUT2D eigenvalue weighted by Gasteiger charge is 2.21. The minimum Gasteiger partial charge on any atom is -0.490 e. The summed E-state index contributed by atoms with van der Waals surface area (Å²) in [4.78, 5) is 29.9. The van der Waals surface area contributed by atoms with Gasteiger partial charge in [-0.25, -0.2) is 4.98 Å². The van der Waals surface area contributed by atoms with E-state index in [1.807, 2.05) is 47.8 Å². The third-order valence-electron chi connectivity index (χ3n) is 4.28. The van der Waals surface area contributed by atoms with Gasteiger partial charge in [-0.1, -0.05) is 47.7 Å². The van der Waals surface area contributed by atoms with E-state index in [2.05, 4.69) is 10.3 Å². The van der Waals surface area contributed by atoms with Crippen LogP contribution in [0.5, 0.6) is 5.75 Å². The number of nitrogens with zero attached hydrogens (tertiary/aromatic N) is 2. The van der Waals surface area contributed by atoms with Crippen LogP contribution in [0.3, 0.4) is 0 Å². The van der Waals surface area contributed by atoms with Crippen molar-refractivity contribution >= 4 is 39.4 Å². The molecule has 0 unspecified atom stereocenters. The van der Waals surface area contributed by atoms with Crippen LogP contribution in [-0.2, 0) is 0 Å². The highest BCUT2D eigenvalue weighted by Crippen LogP contribution is 2.40. The van der Waals surface area contributed by atoms with E-state index in [1.165, 1.54) is 36.6 Å². The standard InChI is InChI=1S/C21H15N3O4S2/c1-28-16-10-9-14(12-15(16)24(26)27)20(25)23-21-22-18(17-8-5-11-29-17)19(30-21)13-6-3-2-4-7-13/h2-12H,1H3,(H,22,23,25). The summed E-state index contributed by atoms with van der Waals surface area (Å²) >= 11 is 2.92. The van der Waals surface area contributed by atoms with Crippen LogP contribution < -0.4 is 10.1 Å². The van der Waals surface area contributed by atoms with Gasteiger partial charge in [0.1, 0.15) is 5.69 Å². The Morgan fingerprint density at radius 3 is 2.60 bits per heavy atom. The number of aromatic nitrogens is 1. The van der Waals surface area contributed by atoms with Gasteiger partial charge in [0.2, 0.25) is 0 Å². The summed E-state index contributed by atoms with van der Waals surface area (Å²) in [6.07, 6.45) is 0. The lowest BCUT2D eigenvalue weighted by atomic mass is 10.1. The number of nitro groups is 1. The summed E-state index contributed by atoms with van der Waals surface area (Å²) in [5.74, 6) is -0.385. The number of anilines is 1. The van der Waals surface area contributed by atoms with Gasteiger partial charge >= 0.3 is 5.69 Å². The lowest BCUT2D eigenvalue weighted by Gasteiger charge is -2.05. The highest BCUT2D eigenvalue weighted by molar-refractivity contribution is 7.20. The van der Waals surface area contributed by atoms with Crippen molar-refractivity contribution in [3.05, 3.63) is 81.7 Å². The molecule has 0 saturated carbocycles. The zero-order chi connectivity index (χ0) is 21.1. The topological polar surface area (TPSA) is 94.4 Å². The molecule has 9 heteroatoms. The first-order valence-electron chi connectivity index (χ1n) is 8.80. The van der Waals surface area contributed by atoms with E-state index in [9.17, 15) is 14.9 Å². The lowest BCUT2D eigenvalue weighted by Crippen LogP contribution is -2.12. The quantitative estimate of drug-likeness (QED) is 0.308. The summed E-state index contributed by atoms with van der Waals surface area (Å²) in [5.41, 5.74) is 1.67. The summed E-state index contributed by atoms with van der Waals surface area (Å²) < 4.78 is 4.99. The molecule has 0 aliphatic carbocycles. The van der Waals surface area contributed by atoms with Crippen molar-refractivity contribution in [1.82, 2.24) is 4.98 Å². The van der Waals surface area contributed by atoms with Crippen molar-refractivity contribution in [1.29, 1.82) is 0 Å². The largest absolute Gasteiger partial charge is 0.490 e. The maximum absolute atomic E-state index is 12.7. The molecule has 4 rings (SSSR count). The number of thiophene rings is 1. The third kappa shape index (κ3) is 3.93. The van der Waals surface area contributed by atoms with Crippen molar-refractivity contribution in [2.24, 2.45) is 0 Å². The van der Waals surface area contributed by atoms with Gasteiger partial charge in [0, 0.05) is 11.6 Å². The molecule has 0 aliphatic rings. The monoisotopic (exact) mass is 437 g/mol. The average Bonchev–Trinajstić information content (AvgIpc) is 3.43. The van der Waals surface area contributed by atoms with Gasteiger partial charge < -0.3 is 4.74 Å². The van der Waals surface area contributed by atoms with Crippen molar-refractivity contribution in [2.75, 3.05) is 12.4 Å². The summed E-state index contributed by atoms with van der Waals surface area (Å²) in [7, 11) is 1.34. The van der Waals surface area contributed by atoms with Crippen LogP contribution in [-0.4, -0.2) is 22.9 Å². The smallest absolute Gasteiger partial charge is 0.311 e. The van der Waals surface area contributed by atoms with E-state index in [-0.39, 0.29) is 17.0 Å². The van der Waals surface area contributed by atoms with Gasteiger partial charge in [-0.3, -0.25) is 20.2 Å². The molecule has 4 aromatic rings. The second kappa shape index (κ2) is 8.44. The molecule has 0 aliphatic heterocycles. The zero-order valence-corrected chi connectivity index (χ0v) is 17.3. The molecule has 0 atom stereocenters. The van der Waals surface area contributed by atoms with E-state index < -0.39 is 10.8 Å². The number of hydrogen-bond donors (Lipinski definition) is 1. The lowest BCUT2D eigenvalue weighted by molar-refractivity contribution is -0.385. The van der Waals surface area contributed by atoms with E-state index in [0.29, 0.717) is 5.13 Å². The second-order valence-electron chi connectivity index (χ2n) is 6.14. The van der Waals surface area contributed by atoms with Crippen molar-refractivity contribution in [3.8, 4) is 26.8 Å². The van der Waals surface area contributed by atoms with Crippen molar-refractivity contribution < 1.29 is 14.5 Å². The third-order valence-corrected chi connectivity index (χ3v) is 6.17. The number of methoxy groups -OCH3 is 1. The van der Waals surface area contributed by atoms with Crippen LogP contribution in [0.1, 0.15) is 10.4 Å². The van der Waals surface area contributed by atoms with Gasteiger partial charge in [0.15, 0.2) is 10.9 Å². The first kappa shape index (κ1) is 19.7. The molecule has 2 aromatic heterocycles. The minimum absolute atomic E-state index is 0.0946. The predicted octanol–water partition coefficient (Wildman–Crippen LogP) is 5.71. The number of nitrogens with one attached hydrogen (secondary N) is 1. The van der Waals surface area contributed by atoms with Crippen LogP contribution in [0, 0.1) is 10.1 Å². The number of carbonyl (C=O) groups excluding carboxylic acids is 1. The molecule has 0 fully saturated rings. The molecule has 0 saturated heterocycles. The van der Waals surface area contributed by atoms with Crippen LogP contribution in [0.4, 0.5) is 10.8 Å². The van der Waals surface area contributed by atoms with Gasteiger partial charge in [-0.2, -0.15) is 0 Å². The maximum Gasteiger partial charge on any atom is 0.311 e. The maximum atomic E-state index is 12.7. The summed E-state index contributed by atoms with van der Waals surface area (Å²) in [5, 5.41) is 16.4. The Balaban J connectivity index is 1.68. The molecule has 0 bridgehead atoms. The van der Waals surface area contributed by atoms with E-state index >= 15 is 0 Å². The van der Waals surface area contributed by atoms with Crippen LogP contribution >= 0.6 is 22.7 Å². The molecule has 1 N–H and O–H groups in total. The van der Waals surface area contributed by atoms with E-state index in [1.54, 1.807) is 11.3 Å². The zero-order valence-electron chi connectivity index (χ0n) is 15.7. The fourth-order valence-electron chi connectivity index (χ4n) is 2.88. The Labute approximate surface area is 179 Å². The molecule has 2 heterocycles. The SMILES string of the molecule is COc1ccc(C(=O)Nc2nc(-c3cccs3)c(-c3ccccc3)s2)cc1[N+](=O)[O-]. The minimum atomic E-state index is -0.582. The molecule has 0 radical (unpaired) electrons. The number of amides is 1. The molecule has 150 valence electrons. The average molecular weight is 438 g/mol. The van der Waals surface area contributed by atoms with Crippen LogP contribution in [0.15, 0.2) is 66.0 Å². The van der Waals surface area contributed by atoms with Crippen molar-refractivity contribution in [3.63, 3.8) is 0 Å². The number of carbonyl (C=O) groups is 1. The number of rotatable bonds is 6. The van der Waals surface area contributed by atoms with Crippen LogP contribution in [0.25, 0.3) is 21.0 Å². The van der Waals surface area contributed by atoms with E-state index in [4.69, 9.17) is 4.74 Å². The molecular weight excluding hydrogens is 422 g/mol. The number of ether oxygens (including phenoxy) is 1. The molecule has 30 heavy (non-hydrogen) atoms. The Morgan fingerprint density at radius 1 is 1.13 bits per heavy atom. The second-order valence-corrected chi connectivity index (χ2v) is 8.08. The number of hydrogen-bond acceptors (Lipinski definition) is 7. The fraction of sp³-hybridized carbons (Fsp3) is 0.0476. The van der Waals surface area contributed by atoms with Gasteiger partial charge in [0.25, 0.3) is 5.91 Å². The first-order chi connectivity index (χ1) is 14.6. The fourth-order valence-corrected chi connectivity index (χ4v) is 4.65. The Hall–Kier alpha value is -3.56. The first-order valence-corrected chi connectivity index (χ1v) is 10.5. The molecular formula is C21H15N3O4S2. The highest BCUT2D eigenvalue weighted by atomic mass is 32.1. The normalized spacial score (nSPS) is 10.6. The summed E-state index contributed by atoms with van der Waals surface area (Å²) in [6, 6.07) is 17.8. The molecule has 7 nitrogen and oxygen atoms in total. The van der Waals surface area contributed by atoms with Gasteiger partial charge in [0.05, 0.1) is 21.8 Å². The van der Waals surface area contributed by atoms with Gasteiger partial charge in [-0.05, 0) is 29.1 Å². The molecule has 0 spiro atoms. The Kier molecular flexibility index (Phi) is 5.55. The number of thiazole rings is 1. The molecule has 2 aromatic carbocycles. The van der Waals surface area contributed by atoms with Crippen LogP contribution in [0.2, 0.25) is 0 Å².